The molecule has 2 aliphatic rings. The Kier molecular flexibility index (Phi) is 3.59. The molecule has 2 N–H and O–H groups in total. The van der Waals surface area contributed by atoms with Crippen molar-refractivity contribution in [1.82, 2.24) is 4.90 Å². The van der Waals surface area contributed by atoms with Gasteiger partial charge in [-0.05, 0) is 49.8 Å². The molecule has 0 radical (unpaired) electrons. The fraction of sp³-hybridized carbons (Fsp3) is 0.526. The highest BCUT2D eigenvalue weighted by atomic mass is 16.2. The highest BCUT2D eigenvalue weighted by molar-refractivity contribution is 6.00. The molecule has 0 fully saturated rings. The van der Waals surface area contributed by atoms with Gasteiger partial charge in [0.15, 0.2) is 11.7 Å². The van der Waals surface area contributed by atoms with Crippen LogP contribution in [0.4, 0.5) is 0 Å². The molecule has 128 valence electrons. The molecule has 0 saturated heterocycles. The number of aliphatic imine (C=N–C) groups is 1. The lowest BCUT2D eigenvalue weighted by molar-refractivity contribution is -0.132. The van der Waals surface area contributed by atoms with E-state index in [0.717, 1.165) is 12.0 Å². The van der Waals surface area contributed by atoms with Gasteiger partial charge in [-0.2, -0.15) is 0 Å². The van der Waals surface area contributed by atoms with Crippen LogP contribution in [-0.2, 0) is 11.2 Å². The van der Waals surface area contributed by atoms with Crippen molar-refractivity contribution in [1.29, 1.82) is 0 Å². The number of fused-ring (bicyclic) bond motifs is 1. The molecule has 5 nitrogen and oxygen atoms in total. The molecule has 1 aliphatic heterocycles. The summed E-state index contributed by atoms with van der Waals surface area (Å²) in [6.07, 6.45) is 1.17. The third-order valence-electron chi connectivity index (χ3n) is 5.01. The molecule has 1 aromatic carbocycles. The molecule has 24 heavy (non-hydrogen) atoms. The second kappa shape index (κ2) is 5.16. The summed E-state index contributed by atoms with van der Waals surface area (Å²) in [4.78, 5) is 30.8. The van der Waals surface area contributed by atoms with Crippen LogP contribution in [0.3, 0.4) is 0 Å². The molecular formula is C19H25N3O2. The Morgan fingerprint density at radius 3 is 2.50 bits per heavy atom. The summed E-state index contributed by atoms with van der Waals surface area (Å²) in [5.74, 6) is 0.288. The predicted molar refractivity (Wildman–Crippen MR) is 93.8 cm³/mol. The molecule has 0 bridgehead atoms. The Bertz CT molecular complexity index is 762. The first-order chi connectivity index (χ1) is 11.0. The Morgan fingerprint density at radius 1 is 1.25 bits per heavy atom. The van der Waals surface area contributed by atoms with E-state index in [1.54, 1.807) is 11.8 Å². The first kappa shape index (κ1) is 16.7. The van der Waals surface area contributed by atoms with E-state index >= 15 is 0 Å². The third kappa shape index (κ3) is 2.62. The van der Waals surface area contributed by atoms with Crippen LogP contribution >= 0.6 is 0 Å². The number of Topliss-reactive ketones (excluding diaryl/α,β-unsaturated/α-hetero) is 1. The minimum atomic E-state index is -0.468. The summed E-state index contributed by atoms with van der Waals surface area (Å²) >= 11 is 0. The summed E-state index contributed by atoms with van der Waals surface area (Å²) in [5, 5.41) is 0. The van der Waals surface area contributed by atoms with Gasteiger partial charge in [-0.1, -0.05) is 26.0 Å². The summed E-state index contributed by atoms with van der Waals surface area (Å²) in [6.45, 7) is 9.64. The van der Waals surface area contributed by atoms with E-state index in [-0.39, 0.29) is 29.1 Å². The quantitative estimate of drug-likeness (QED) is 0.849. The van der Waals surface area contributed by atoms with Crippen LogP contribution < -0.4 is 5.73 Å². The van der Waals surface area contributed by atoms with E-state index in [1.807, 2.05) is 32.0 Å². The zero-order chi connectivity index (χ0) is 17.9. The van der Waals surface area contributed by atoms with E-state index in [2.05, 4.69) is 18.8 Å². The maximum absolute atomic E-state index is 12.8. The number of carbonyl (C=O) groups is 2. The lowest BCUT2D eigenvalue weighted by Crippen LogP contribution is -2.53. The average Bonchev–Trinajstić information content (AvgIpc) is 2.67. The molecular weight excluding hydrogens is 302 g/mol. The second-order valence-corrected chi connectivity index (χ2v) is 8.26. The third-order valence-corrected chi connectivity index (χ3v) is 5.01. The molecule has 0 saturated carbocycles. The van der Waals surface area contributed by atoms with Crippen molar-refractivity contribution in [2.75, 3.05) is 0 Å². The summed E-state index contributed by atoms with van der Waals surface area (Å²) < 4.78 is 0. The van der Waals surface area contributed by atoms with Gasteiger partial charge in [0, 0.05) is 5.56 Å². The normalized spacial score (nSPS) is 24.5. The number of hydrogen-bond donors (Lipinski definition) is 1. The standard InChI is InChI=1S/C19H25N3O2/c1-11(23)12-6-7-13-9-18(2,3)16(14(13)8-12)22-15(24)10-19(4,5)21-17(22)20/h6-8,16H,9-10H2,1-5H3,(H2,20,21). The lowest BCUT2D eigenvalue weighted by Gasteiger charge is -2.41. The van der Waals surface area contributed by atoms with Gasteiger partial charge in [-0.3, -0.25) is 14.5 Å². The summed E-state index contributed by atoms with van der Waals surface area (Å²) in [6, 6.07) is 5.58. The van der Waals surface area contributed by atoms with Crippen LogP contribution in [-0.4, -0.2) is 28.1 Å². The summed E-state index contributed by atoms with van der Waals surface area (Å²) in [5.41, 5.74) is 8.39. The monoisotopic (exact) mass is 327 g/mol. The SMILES string of the molecule is CC(=O)c1ccc2c(c1)C(N1C(=O)CC(C)(C)N=C1N)C(C)(C)C2. The van der Waals surface area contributed by atoms with Gasteiger partial charge in [0.1, 0.15) is 0 Å². The number of nitrogens with two attached hydrogens (primary N) is 1. The number of ketones is 1. The van der Waals surface area contributed by atoms with Crippen LogP contribution in [0.1, 0.15) is 68.6 Å². The van der Waals surface area contributed by atoms with E-state index in [0.29, 0.717) is 12.0 Å². The predicted octanol–water partition coefficient (Wildman–Crippen LogP) is 2.84. The molecule has 1 unspecified atom stereocenters. The van der Waals surface area contributed by atoms with Gasteiger partial charge in [-0.25, -0.2) is 4.99 Å². The number of rotatable bonds is 2. The van der Waals surface area contributed by atoms with Crippen LogP contribution in [0, 0.1) is 5.41 Å². The molecule has 0 spiro atoms. The molecule has 0 aromatic heterocycles. The second-order valence-electron chi connectivity index (χ2n) is 8.26. The lowest BCUT2D eigenvalue weighted by atomic mass is 9.83. The molecule has 1 heterocycles. The average molecular weight is 327 g/mol. The molecule has 1 aromatic rings. The smallest absolute Gasteiger partial charge is 0.232 e. The Morgan fingerprint density at radius 2 is 1.92 bits per heavy atom. The maximum Gasteiger partial charge on any atom is 0.232 e. The van der Waals surface area contributed by atoms with Gasteiger partial charge in [0.25, 0.3) is 0 Å². The zero-order valence-electron chi connectivity index (χ0n) is 15.0. The van der Waals surface area contributed by atoms with Crippen LogP contribution in [0.25, 0.3) is 0 Å². The Hall–Kier alpha value is -2.17. The van der Waals surface area contributed by atoms with Gasteiger partial charge in [-0.15, -0.1) is 0 Å². The largest absolute Gasteiger partial charge is 0.369 e. The number of amides is 1. The molecule has 3 rings (SSSR count). The zero-order valence-corrected chi connectivity index (χ0v) is 15.0. The van der Waals surface area contributed by atoms with Crippen molar-refractivity contribution in [3.8, 4) is 0 Å². The molecule has 1 atom stereocenters. The van der Waals surface area contributed by atoms with Crippen molar-refractivity contribution in [2.45, 2.75) is 59.0 Å². The fourth-order valence-corrected chi connectivity index (χ4v) is 3.99. The minimum absolute atomic E-state index is 0.00773. The Balaban J connectivity index is 2.13. The van der Waals surface area contributed by atoms with E-state index in [1.165, 1.54) is 5.56 Å². The first-order valence-electron chi connectivity index (χ1n) is 8.33. The number of carbonyl (C=O) groups excluding carboxylic acids is 2. The highest BCUT2D eigenvalue weighted by Crippen LogP contribution is 2.49. The Labute approximate surface area is 142 Å². The number of guanidine groups is 1. The van der Waals surface area contributed by atoms with Crippen molar-refractivity contribution in [2.24, 2.45) is 16.1 Å². The number of benzene rings is 1. The van der Waals surface area contributed by atoms with Crippen LogP contribution in [0.2, 0.25) is 0 Å². The van der Waals surface area contributed by atoms with E-state index in [4.69, 9.17) is 5.73 Å². The minimum Gasteiger partial charge on any atom is -0.369 e. The number of nitrogens with zero attached hydrogens (tertiary/aromatic N) is 2. The van der Waals surface area contributed by atoms with Crippen LogP contribution in [0.5, 0.6) is 0 Å². The maximum atomic E-state index is 12.8. The number of hydrogen-bond acceptors (Lipinski definition) is 4. The fourth-order valence-electron chi connectivity index (χ4n) is 3.99. The van der Waals surface area contributed by atoms with Gasteiger partial charge < -0.3 is 5.73 Å². The van der Waals surface area contributed by atoms with Gasteiger partial charge >= 0.3 is 0 Å². The first-order valence-corrected chi connectivity index (χ1v) is 8.33. The van der Waals surface area contributed by atoms with Crippen molar-refractivity contribution in [3.63, 3.8) is 0 Å². The van der Waals surface area contributed by atoms with Crippen molar-refractivity contribution < 1.29 is 9.59 Å². The summed E-state index contributed by atoms with van der Waals surface area (Å²) in [7, 11) is 0. The van der Waals surface area contributed by atoms with Crippen molar-refractivity contribution in [3.05, 3.63) is 34.9 Å². The topological polar surface area (TPSA) is 75.8 Å². The highest BCUT2D eigenvalue weighted by Gasteiger charge is 2.47. The molecule has 1 amide bonds. The van der Waals surface area contributed by atoms with Gasteiger partial charge in [0.05, 0.1) is 18.0 Å². The van der Waals surface area contributed by atoms with Crippen LogP contribution in [0.15, 0.2) is 23.2 Å². The van der Waals surface area contributed by atoms with Crippen molar-refractivity contribution >= 4 is 17.6 Å². The van der Waals surface area contributed by atoms with E-state index < -0.39 is 5.54 Å². The molecule has 5 heteroatoms. The van der Waals surface area contributed by atoms with E-state index in [9.17, 15) is 9.59 Å². The molecule has 1 aliphatic carbocycles. The van der Waals surface area contributed by atoms with Gasteiger partial charge in [0.2, 0.25) is 5.91 Å².